The van der Waals surface area contributed by atoms with E-state index in [1.54, 1.807) is 4.90 Å². The maximum absolute atomic E-state index is 12.6. The van der Waals surface area contributed by atoms with Crippen molar-refractivity contribution in [1.29, 1.82) is 0 Å². The molecule has 1 aromatic carbocycles. The molecule has 5 heteroatoms. The molecule has 1 saturated heterocycles. The molecule has 0 aromatic heterocycles. The predicted octanol–water partition coefficient (Wildman–Crippen LogP) is 4.13. The Morgan fingerprint density at radius 1 is 1.48 bits per heavy atom. The molecule has 1 fully saturated rings. The summed E-state index contributed by atoms with van der Waals surface area (Å²) in [7, 11) is 0. The molecule has 0 unspecified atom stereocenters. The fourth-order valence-electron chi connectivity index (χ4n) is 3.13. The molecule has 2 aliphatic rings. The summed E-state index contributed by atoms with van der Waals surface area (Å²) in [5.41, 5.74) is 2.81. The van der Waals surface area contributed by atoms with Gasteiger partial charge < -0.3 is 9.47 Å². The maximum Gasteiger partial charge on any atom is 0.417 e. The Hall–Kier alpha value is -0.820. The fraction of sp³-hybridized carbons (Fsp3) is 0.562. The average Bonchev–Trinajstić information content (AvgIpc) is 2.79. The standard InChI is InChI=1S/C16H20INO3/c1-10-6-5-7-11-12(10)16(17)8-9-20-13(16)18(11)14(19)21-15(2,3)4/h5-7,13H,8-9H2,1-4H3/t13-,16+/m0/s1. The molecule has 0 saturated carbocycles. The first kappa shape index (κ1) is 15.1. The lowest BCUT2D eigenvalue weighted by Crippen LogP contribution is -2.45. The van der Waals surface area contributed by atoms with Crippen LogP contribution in [0.2, 0.25) is 0 Å². The van der Waals surface area contributed by atoms with Gasteiger partial charge in [-0.15, -0.1) is 0 Å². The van der Waals surface area contributed by atoms with Gasteiger partial charge in [-0.3, -0.25) is 0 Å². The van der Waals surface area contributed by atoms with Crippen molar-refractivity contribution in [2.24, 2.45) is 0 Å². The highest BCUT2D eigenvalue weighted by Crippen LogP contribution is 2.56. The van der Waals surface area contributed by atoms with Crippen LogP contribution in [0.4, 0.5) is 10.5 Å². The third kappa shape index (κ3) is 2.34. The lowest BCUT2D eigenvalue weighted by molar-refractivity contribution is 0.0414. The zero-order valence-corrected chi connectivity index (χ0v) is 14.9. The summed E-state index contributed by atoms with van der Waals surface area (Å²) in [4.78, 5) is 14.3. The van der Waals surface area contributed by atoms with Crippen molar-refractivity contribution < 1.29 is 14.3 Å². The summed E-state index contributed by atoms with van der Waals surface area (Å²) in [5, 5.41) is 0. The van der Waals surface area contributed by atoms with E-state index in [9.17, 15) is 4.79 Å². The van der Waals surface area contributed by atoms with Crippen LogP contribution >= 0.6 is 22.6 Å². The van der Waals surface area contributed by atoms with Gasteiger partial charge in [-0.25, -0.2) is 9.69 Å². The molecule has 0 spiro atoms. The Labute approximate surface area is 138 Å². The van der Waals surface area contributed by atoms with E-state index in [1.165, 1.54) is 11.1 Å². The van der Waals surface area contributed by atoms with Crippen molar-refractivity contribution in [3.63, 3.8) is 0 Å². The normalized spacial score (nSPS) is 27.5. The number of alkyl halides is 1. The molecule has 0 radical (unpaired) electrons. The maximum atomic E-state index is 12.6. The number of fused-ring (bicyclic) bond motifs is 3. The van der Waals surface area contributed by atoms with Crippen LogP contribution in [0.1, 0.15) is 38.3 Å². The Bertz CT molecular complexity index is 596. The smallest absolute Gasteiger partial charge is 0.417 e. The van der Waals surface area contributed by atoms with E-state index in [1.807, 2.05) is 32.9 Å². The number of amides is 1. The van der Waals surface area contributed by atoms with Crippen LogP contribution in [0.25, 0.3) is 0 Å². The van der Waals surface area contributed by atoms with Crippen LogP contribution in [0.3, 0.4) is 0 Å². The van der Waals surface area contributed by atoms with Crippen LogP contribution in [0.15, 0.2) is 18.2 Å². The quantitative estimate of drug-likeness (QED) is 0.485. The molecule has 0 aliphatic carbocycles. The molecule has 0 bridgehead atoms. The van der Waals surface area contributed by atoms with Gasteiger partial charge in [0.05, 0.1) is 15.7 Å². The minimum atomic E-state index is -0.518. The Balaban J connectivity index is 2.07. The van der Waals surface area contributed by atoms with Gasteiger partial charge >= 0.3 is 6.09 Å². The van der Waals surface area contributed by atoms with Gasteiger partial charge in [-0.05, 0) is 51.3 Å². The number of hydrogen-bond acceptors (Lipinski definition) is 3. The number of ether oxygens (including phenoxy) is 2. The molecule has 3 rings (SSSR count). The van der Waals surface area contributed by atoms with Crippen LogP contribution in [-0.2, 0) is 12.9 Å². The highest BCUT2D eigenvalue weighted by Gasteiger charge is 2.56. The second-order valence-electron chi connectivity index (χ2n) is 6.66. The summed E-state index contributed by atoms with van der Waals surface area (Å²) in [6, 6.07) is 6.05. The number of carbonyl (C=O) groups excluding carboxylic acids is 1. The molecule has 4 nitrogen and oxygen atoms in total. The van der Waals surface area contributed by atoms with Gasteiger partial charge in [0.2, 0.25) is 0 Å². The molecule has 2 atom stereocenters. The third-order valence-corrected chi connectivity index (χ3v) is 5.50. The second-order valence-corrected chi connectivity index (χ2v) is 8.58. The minimum absolute atomic E-state index is 0.171. The topological polar surface area (TPSA) is 38.8 Å². The largest absolute Gasteiger partial charge is 0.443 e. The van der Waals surface area contributed by atoms with E-state index in [0.29, 0.717) is 6.61 Å². The van der Waals surface area contributed by atoms with E-state index in [2.05, 4.69) is 35.6 Å². The van der Waals surface area contributed by atoms with Crippen molar-refractivity contribution >= 4 is 34.4 Å². The van der Waals surface area contributed by atoms with Crippen molar-refractivity contribution in [3.05, 3.63) is 29.3 Å². The summed E-state index contributed by atoms with van der Waals surface area (Å²) in [6.45, 7) is 8.40. The lowest BCUT2D eigenvalue weighted by Gasteiger charge is -2.29. The summed E-state index contributed by atoms with van der Waals surface area (Å²) in [6.07, 6.45) is 0.305. The first-order chi connectivity index (χ1) is 9.74. The van der Waals surface area contributed by atoms with Crippen LogP contribution in [-0.4, -0.2) is 24.5 Å². The van der Waals surface area contributed by atoms with E-state index < -0.39 is 5.60 Å². The van der Waals surface area contributed by atoms with Crippen molar-refractivity contribution in [2.75, 3.05) is 11.5 Å². The van der Waals surface area contributed by atoms with Crippen LogP contribution in [0.5, 0.6) is 0 Å². The number of rotatable bonds is 0. The zero-order valence-electron chi connectivity index (χ0n) is 12.8. The van der Waals surface area contributed by atoms with Gasteiger partial charge in [0.25, 0.3) is 0 Å². The van der Waals surface area contributed by atoms with Crippen molar-refractivity contribution in [1.82, 2.24) is 0 Å². The molecule has 1 aromatic rings. The lowest BCUT2D eigenvalue weighted by atomic mass is 9.94. The first-order valence-electron chi connectivity index (χ1n) is 7.17. The number of benzene rings is 1. The van der Waals surface area contributed by atoms with E-state index in [-0.39, 0.29) is 15.7 Å². The van der Waals surface area contributed by atoms with E-state index in [0.717, 1.165) is 12.1 Å². The number of halogens is 1. The molecular weight excluding hydrogens is 381 g/mol. The molecule has 21 heavy (non-hydrogen) atoms. The van der Waals surface area contributed by atoms with Crippen LogP contribution in [0, 0.1) is 6.92 Å². The molecule has 2 aliphatic heterocycles. The Morgan fingerprint density at radius 3 is 2.86 bits per heavy atom. The van der Waals surface area contributed by atoms with Gasteiger partial charge in [0.15, 0.2) is 6.23 Å². The average molecular weight is 401 g/mol. The fourth-order valence-corrected chi connectivity index (χ4v) is 4.51. The predicted molar refractivity (Wildman–Crippen MR) is 89.9 cm³/mol. The highest BCUT2D eigenvalue weighted by atomic mass is 127. The number of nitrogens with zero attached hydrogens (tertiary/aromatic N) is 1. The number of carbonyl (C=O) groups is 1. The van der Waals surface area contributed by atoms with Gasteiger partial charge in [0, 0.05) is 0 Å². The number of aryl methyl sites for hydroxylation is 1. The monoisotopic (exact) mass is 401 g/mol. The Kier molecular flexibility index (Phi) is 3.48. The SMILES string of the molecule is Cc1cccc2c1[C@]1(I)CCO[C@@H]1N2C(=O)OC(C)(C)C. The minimum Gasteiger partial charge on any atom is -0.443 e. The molecular formula is C16H20INO3. The van der Waals surface area contributed by atoms with Gasteiger partial charge in [-0.2, -0.15) is 0 Å². The van der Waals surface area contributed by atoms with Crippen molar-refractivity contribution in [2.45, 2.75) is 49.4 Å². The third-order valence-electron chi connectivity index (χ3n) is 3.88. The summed E-state index contributed by atoms with van der Waals surface area (Å²) >= 11 is 2.45. The molecule has 1 amide bonds. The number of anilines is 1. The van der Waals surface area contributed by atoms with Gasteiger partial charge in [0.1, 0.15) is 5.60 Å². The van der Waals surface area contributed by atoms with E-state index >= 15 is 0 Å². The molecule has 0 N–H and O–H groups in total. The summed E-state index contributed by atoms with van der Waals surface area (Å²) in [5.74, 6) is 0. The van der Waals surface area contributed by atoms with Crippen LogP contribution < -0.4 is 4.90 Å². The molecule has 2 heterocycles. The van der Waals surface area contributed by atoms with Crippen molar-refractivity contribution in [3.8, 4) is 0 Å². The Morgan fingerprint density at radius 2 is 2.19 bits per heavy atom. The summed E-state index contributed by atoms with van der Waals surface area (Å²) < 4.78 is 11.3. The van der Waals surface area contributed by atoms with Gasteiger partial charge in [-0.1, -0.05) is 34.7 Å². The first-order valence-corrected chi connectivity index (χ1v) is 8.25. The molecule has 114 valence electrons. The zero-order chi connectivity index (χ0) is 15.4. The highest BCUT2D eigenvalue weighted by molar-refractivity contribution is 14.1. The van der Waals surface area contributed by atoms with E-state index in [4.69, 9.17) is 9.47 Å². The second kappa shape index (κ2) is 4.84. The number of hydrogen-bond donors (Lipinski definition) is 0.